The van der Waals surface area contributed by atoms with Gasteiger partial charge in [-0.3, -0.25) is 9.59 Å². The van der Waals surface area contributed by atoms with Gasteiger partial charge in [0.05, 0.1) is 6.61 Å². The van der Waals surface area contributed by atoms with Crippen LogP contribution in [0.25, 0.3) is 0 Å². The minimum atomic E-state index is -0.621. The van der Waals surface area contributed by atoms with Gasteiger partial charge in [0.25, 0.3) is 0 Å². The van der Waals surface area contributed by atoms with Gasteiger partial charge < -0.3 is 15.3 Å². The van der Waals surface area contributed by atoms with Gasteiger partial charge in [-0.2, -0.15) is 0 Å². The number of hydrogen-bond acceptors (Lipinski definition) is 3. The molecule has 0 bridgehead atoms. The van der Waals surface area contributed by atoms with E-state index < -0.39 is 11.8 Å². The first-order valence-electron chi connectivity index (χ1n) is 6.33. The quantitative estimate of drug-likeness (QED) is 0.569. The Morgan fingerprint density at radius 2 is 1.95 bits per heavy atom. The Labute approximate surface area is 113 Å². The van der Waals surface area contributed by atoms with Crippen molar-refractivity contribution in [1.82, 2.24) is 10.2 Å². The van der Waals surface area contributed by atoms with Crippen molar-refractivity contribution in [3.05, 3.63) is 35.9 Å². The standard InChI is InChI=1S/C14H20N2O3/c1-16(10-11-17)14(19)13(18)15-9-5-8-12-6-3-2-4-7-12/h2-4,6-7,17H,5,8-11H2,1H3,(H,15,18). The second kappa shape index (κ2) is 8.26. The Balaban J connectivity index is 2.22. The SMILES string of the molecule is CN(CCO)C(=O)C(=O)NCCCc1ccccc1. The van der Waals surface area contributed by atoms with E-state index in [0.717, 1.165) is 12.8 Å². The van der Waals surface area contributed by atoms with Crippen molar-refractivity contribution in [2.45, 2.75) is 12.8 Å². The summed E-state index contributed by atoms with van der Waals surface area (Å²) < 4.78 is 0. The van der Waals surface area contributed by atoms with Crippen LogP contribution in [0.1, 0.15) is 12.0 Å². The highest BCUT2D eigenvalue weighted by Gasteiger charge is 2.17. The molecule has 0 aliphatic heterocycles. The first kappa shape index (κ1) is 15.2. The first-order valence-corrected chi connectivity index (χ1v) is 6.33. The van der Waals surface area contributed by atoms with Crippen LogP contribution in [0.3, 0.4) is 0 Å². The Bertz CT molecular complexity index is 406. The summed E-state index contributed by atoms with van der Waals surface area (Å²) in [5.74, 6) is -1.24. The number of rotatable bonds is 6. The number of nitrogens with zero attached hydrogens (tertiary/aromatic N) is 1. The molecule has 0 aliphatic carbocycles. The molecule has 0 aliphatic rings. The molecule has 1 rings (SSSR count). The van der Waals surface area contributed by atoms with E-state index in [1.165, 1.54) is 17.5 Å². The number of nitrogens with one attached hydrogen (secondary N) is 1. The summed E-state index contributed by atoms with van der Waals surface area (Å²) in [4.78, 5) is 24.2. The van der Waals surface area contributed by atoms with Crippen LogP contribution in [0.2, 0.25) is 0 Å². The maximum Gasteiger partial charge on any atom is 0.311 e. The monoisotopic (exact) mass is 264 g/mol. The predicted octanol–water partition coefficient (Wildman–Crippen LogP) is 0.186. The molecule has 0 aromatic heterocycles. The summed E-state index contributed by atoms with van der Waals surface area (Å²) in [5, 5.41) is 11.3. The van der Waals surface area contributed by atoms with E-state index in [2.05, 4.69) is 5.32 Å². The van der Waals surface area contributed by atoms with E-state index in [0.29, 0.717) is 6.54 Å². The van der Waals surface area contributed by atoms with Gasteiger partial charge in [-0.1, -0.05) is 30.3 Å². The highest BCUT2D eigenvalue weighted by molar-refractivity contribution is 6.34. The fraction of sp³-hybridized carbons (Fsp3) is 0.429. The fourth-order valence-electron chi connectivity index (χ4n) is 1.64. The molecule has 0 radical (unpaired) electrons. The third-order valence-corrected chi connectivity index (χ3v) is 2.75. The number of carbonyl (C=O) groups is 2. The number of amides is 2. The van der Waals surface area contributed by atoms with Crippen molar-refractivity contribution in [3.63, 3.8) is 0 Å². The molecule has 1 aromatic carbocycles. The summed E-state index contributed by atoms with van der Waals surface area (Å²) in [6.45, 7) is 0.478. The minimum Gasteiger partial charge on any atom is -0.395 e. The Morgan fingerprint density at radius 3 is 2.58 bits per heavy atom. The largest absolute Gasteiger partial charge is 0.395 e. The lowest BCUT2D eigenvalue weighted by molar-refractivity contribution is -0.145. The molecule has 5 nitrogen and oxygen atoms in total. The van der Waals surface area contributed by atoms with Crippen molar-refractivity contribution in [2.24, 2.45) is 0 Å². The molecule has 2 N–H and O–H groups in total. The Morgan fingerprint density at radius 1 is 1.26 bits per heavy atom. The highest BCUT2D eigenvalue weighted by Crippen LogP contribution is 2.01. The molecular formula is C14H20N2O3. The van der Waals surface area contributed by atoms with Gasteiger partial charge >= 0.3 is 11.8 Å². The van der Waals surface area contributed by atoms with E-state index in [4.69, 9.17) is 5.11 Å². The van der Waals surface area contributed by atoms with Crippen LogP contribution in [-0.4, -0.2) is 48.6 Å². The van der Waals surface area contributed by atoms with Crippen LogP contribution in [0.15, 0.2) is 30.3 Å². The molecule has 0 spiro atoms. The van der Waals surface area contributed by atoms with Crippen molar-refractivity contribution in [3.8, 4) is 0 Å². The summed E-state index contributed by atoms with van der Waals surface area (Å²) in [5.41, 5.74) is 1.21. The number of benzene rings is 1. The normalized spacial score (nSPS) is 10.0. The third-order valence-electron chi connectivity index (χ3n) is 2.75. The lowest BCUT2D eigenvalue weighted by Crippen LogP contribution is -2.42. The van der Waals surface area contributed by atoms with Crippen molar-refractivity contribution in [1.29, 1.82) is 0 Å². The van der Waals surface area contributed by atoms with Gasteiger partial charge in [-0.15, -0.1) is 0 Å². The van der Waals surface area contributed by atoms with Crippen LogP contribution in [0.4, 0.5) is 0 Å². The zero-order valence-corrected chi connectivity index (χ0v) is 11.1. The van der Waals surface area contributed by atoms with Crippen LogP contribution in [0.5, 0.6) is 0 Å². The number of hydrogen-bond donors (Lipinski definition) is 2. The number of aliphatic hydroxyl groups excluding tert-OH is 1. The van der Waals surface area contributed by atoms with Crippen LogP contribution < -0.4 is 5.32 Å². The number of aryl methyl sites for hydroxylation is 1. The molecule has 19 heavy (non-hydrogen) atoms. The van der Waals surface area contributed by atoms with Crippen LogP contribution >= 0.6 is 0 Å². The second-order valence-corrected chi connectivity index (χ2v) is 4.30. The number of aliphatic hydroxyl groups is 1. The third kappa shape index (κ3) is 5.52. The number of carbonyl (C=O) groups excluding carboxylic acids is 2. The van der Waals surface area contributed by atoms with Gasteiger partial charge in [0.15, 0.2) is 0 Å². The molecule has 0 atom stereocenters. The van der Waals surface area contributed by atoms with Gasteiger partial charge in [0.2, 0.25) is 0 Å². The zero-order chi connectivity index (χ0) is 14.1. The molecule has 0 saturated heterocycles. The molecule has 5 heteroatoms. The fourth-order valence-corrected chi connectivity index (χ4v) is 1.64. The molecule has 0 unspecified atom stereocenters. The van der Waals surface area contributed by atoms with E-state index >= 15 is 0 Å². The maximum absolute atomic E-state index is 11.5. The van der Waals surface area contributed by atoms with E-state index in [1.807, 2.05) is 30.3 Å². The molecule has 0 heterocycles. The number of likely N-dealkylation sites (N-methyl/N-ethyl adjacent to an activating group) is 1. The van der Waals surface area contributed by atoms with Gasteiger partial charge in [0.1, 0.15) is 0 Å². The maximum atomic E-state index is 11.5. The zero-order valence-electron chi connectivity index (χ0n) is 11.1. The van der Waals surface area contributed by atoms with Crippen molar-refractivity contribution < 1.29 is 14.7 Å². The minimum absolute atomic E-state index is 0.149. The topological polar surface area (TPSA) is 69.6 Å². The summed E-state index contributed by atoms with van der Waals surface area (Å²) >= 11 is 0. The van der Waals surface area contributed by atoms with E-state index in [9.17, 15) is 9.59 Å². The lowest BCUT2D eigenvalue weighted by Gasteiger charge is -2.14. The average Bonchev–Trinajstić information content (AvgIpc) is 2.44. The predicted molar refractivity (Wildman–Crippen MR) is 72.5 cm³/mol. The first-order chi connectivity index (χ1) is 9.15. The van der Waals surface area contributed by atoms with Crippen molar-refractivity contribution >= 4 is 11.8 Å². The lowest BCUT2D eigenvalue weighted by atomic mass is 10.1. The smallest absolute Gasteiger partial charge is 0.311 e. The summed E-state index contributed by atoms with van der Waals surface area (Å²) in [6.07, 6.45) is 1.65. The average molecular weight is 264 g/mol. The highest BCUT2D eigenvalue weighted by atomic mass is 16.3. The molecule has 0 saturated carbocycles. The summed E-state index contributed by atoms with van der Waals surface area (Å²) in [6, 6.07) is 9.97. The summed E-state index contributed by atoms with van der Waals surface area (Å²) in [7, 11) is 1.49. The van der Waals surface area contributed by atoms with Gasteiger partial charge in [0, 0.05) is 20.1 Å². The van der Waals surface area contributed by atoms with Gasteiger partial charge in [-0.25, -0.2) is 0 Å². The molecule has 0 fully saturated rings. The van der Waals surface area contributed by atoms with Crippen LogP contribution in [0, 0.1) is 0 Å². The second-order valence-electron chi connectivity index (χ2n) is 4.30. The van der Waals surface area contributed by atoms with Gasteiger partial charge in [-0.05, 0) is 18.4 Å². The Hall–Kier alpha value is -1.88. The molecule has 2 amide bonds. The van der Waals surface area contributed by atoms with Crippen molar-refractivity contribution in [2.75, 3.05) is 26.7 Å². The molecule has 104 valence electrons. The van der Waals surface area contributed by atoms with E-state index in [1.54, 1.807) is 0 Å². The Kier molecular flexibility index (Phi) is 6.60. The molecule has 1 aromatic rings. The molecular weight excluding hydrogens is 244 g/mol. The van der Waals surface area contributed by atoms with Crippen LogP contribution in [-0.2, 0) is 16.0 Å². The van der Waals surface area contributed by atoms with E-state index in [-0.39, 0.29) is 13.2 Å².